The normalized spacial score (nSPS) is 17.9. The van der Waals surface area contributed by atoms with Gasteiger partial charge in [-0.3, -0.25) is 0 Å². The lowest BCUT2D eigenvalue weighted by molar-refractivity contribution is 0.365. The molecule has 3 rings (SSSR count). The summed E-state index contributed by atoms with van der Waals surface area (Å²) in [6, 6.07) is 11.0. The predicted molar refractivity (Wildman–Crippen MR) is 99.3 cm³/mol. The molecule has 2 aromatic rings. The quantitative estimate of drug-likeness (QED) is 0.643. The van der Waals surface area contributed by atoms with Gasteiger partial charge in [0.2, 0.25) is 0 Å². The smallest absolute Gasteiger partial charge is 0.134 e. The van der Waals surface area contributed by atoms with Crippen LogP contribution in [0.3, 0.4) is 0 Å². The first-order valence-electron chi connectivity index (χ1n) is 8.51. The molecule has 1 fully saturated rings. The van der Waals surface area contributed by atoms with Crippen LogP contribution in [-0.2, 0) is 5.41 Å². The van der Waals surface area contributed by atoms with E-state index in [0.717, 1.165) is 36.8 Å². The molecule has 0 saturated heterocycles. The number of benzene rings is 2. The van der Waals surface area contributed by atoms with Gasteiger partial charge < -0.3 is 10.2 Å². The molecule has 24 heavy (non-hydrogen) atoms. The van der Waals surface area contributed by atoms with Gasteiger partial charge >= 0.3 is 0 Å². The summed E-state index contributed by atoms with van der Waals surface area (Å²) in [6.07, 6.45) is 8.01. The van der Waals surface area contributed by atoms with Crippen LogP contribution in [-0.4, -0.2) is 10.2 Å². The van der Waals surface area contributed by atoms with Crippen molar-refractivity contribution < 1.29 is 10.2 Å². The molecule has 0 radical (unpaired) electrons. The minimum Gasteiger partial charge on any atom is -0.506 e. The van der Waals surface area contributed by atoms with Crippen molar-refractivity contribution in [2.24, 2.45) is 0 Å². The molecule has 0 atom stereocenters. The fraction of sp³-hybridized carbons (Fsp3) is 0.400. The van der Waals surface area contributed by atoms with E-state index in [-0.39, 0.29) is 16.9 Å². The lowest BCUT2D eigenvalue weighted by Gasteiger charge is -2.37. The zero-order valence-corrected chi connectivity index (χ0v) is 15.1. The molecule has 0 bridgehead atoms. The highest BCUT2D eigenvalue weighted by Crippen LogP contribution is 2.46. The summed E-state index contributed by atoms with van der Waals surface area (Å²) >= 11 is 12.4. The van der Waals surface area contributed by atoms with Crippen molar-refractivity contribution in [1.29, 1.82) is 0 Å². The van der Waals surface area contributed by atoms with E-state index in [0.29, 0.717) is 10.0 Å². The summed E-state index contributed by atoms with van der Waals surface area (Å²) in [7, 11) is 0. The Morgan fingerprint density at radius 3 is 1.50 bits per heavy atom. The molecule has 0 aromatic heterocycles. The first-order chi connectivity index (χ1) is 11.5. The Balaban J connectivity index is 2.14. The van der Waals surface area contributed by atoms with Crippen molar-refractivity contribution in [3.8, 4) is 11.5 Å². The zero-order valence-electron chi connectivity index (χ0n) is 13.6. The third-order valence-electron chi connectivity index (χ3n) is 5.21. The van der Waals surface area contributed by atoms with E-state index in [4.69, 9.17) is 23.2 Å². The van der Waals surface area contributed by atoms with Crippen molar-refractivity contribution in [3.05, 3.63) is 57.6 Å². The molecule has 2 aromatic carbocycles. The van der Waals surface area contributed by atoms with Gasteiger partial charge in [-0.05, 0) is 48.2 Å². The summed E-state index contributed by atoms with van der Waals surface area (Å²) < 4.78 is 0. The summed E-state index contributed by atoms with van der Waals surface area (Å²) in [4.78, 5) is 0. The maximum atomic E-state index is 9.79. The molecule has 2 N–H and O–H groups in total. The van der Waals surface area contributed by atoms with Crippen molar-refractivity contribution >= 4 is 23.2 Å². The number of phenols is 2. The van der Waals surface area contributed by atoms with Gasteiger partial charge in [-0.15, -0.1) is 0 Å². The molecule has 0 amide bonds. The predicted octanol–water partition coefficient (Wildman–Crippen LogP) is 6.44. The van der Waals surface area contributed by atoms with Gasteiger partial charge in [0.25, 0.3) is 0 Å². The summed E-state index contributed by atoms with van der Waals surface area (Å²) in [6.45, 7) is 0. The molecule has 0 aliphatic heterocycles. The molecule has 4 heteroatoms. The van der Waals surface area contributed by atoms with Crippen LogP contribution >= 0.6 is 23.2 Å². The van der Waals surface area contributed by atoms with Gasteiger partial charge in [0.05, 0.1) is 10.0 Å². The Kier molecular flexibility index (Phi) is 5.27. The van der Waals surface area contributed by atoms with Crippen molar-refractivity contribution in [2.75, 3.05) is 0 Å². The minimum absolute atomic E-state index is 0.102. The largest absolute Gasteiger partial charge is 0.506 e. The fourth-order valence-corrected chi connectivity index (χ4v) is 4.22. The van der Waals surface area contributed by atoms with Crippen molar-refractivity contribution in [2.45, 2.75) is 50.4 Å². The second kappa shape index (κ2) is 7.25. The third kappa shape index (κ3) is 3.36. The fourth-order valence-electron chi connectivity index (χ4n) is 3.86. The molecule has 1 aliphatic carbocycles. The average molecular weight is 365 g/mol. The van der Waals surface area contributed by atoms with Gasteiger partial charge in [-0.25, -0.2) is 0 Å². The molecule has 0 spiro atoms. The van der Waals surface area contributed by atoms with Gasteiger partial charge in [0, 0.05) is 5.41 Å². The van der Waals surface area contributed by atoms with Crippen LogP contribution in [0.2, 0.25) is 10.0 Å². The van der Waals surface area contributed by atoms with Crippen LogP contribution in [0.25, 0.3) is 0 Å². The molecule has 2 nitrogen and oxygen atoms in total. The van der Waals surface area contributed by atoms with Crippen LogP contribution in [0.4, 0.5) is 0 Å². The standard InChI is InChI=1S/C20H22Cl2O2/c21-16-12-14(6-8-18(16)23)20(10-4-2-1-3-5-11-20)15-7-9-19(24)17(22)13-15/h6-9,12-13,23-24H,1-5,10-11H2. The summed E-state index contributed by atoms with van der Waals surface area (Å²) in [5, 5.41) is 20.3. The van der Waals surface area contributed by atoms with E-state index in [2.05, 4.69) is 0 Å². The summed E-state index contributed by atoms with van der Waals surface area (Å²) in [5.41, 5.74) is 2.03. The van der Waals surface area contributed by atoms with Crippen LogP contribution < -0.4 is 0 Å². The van der Waals surface area contributed by atoms with Gasteiger partial charge in [-0.1, -0.05) is 67.4 Å². The minimum atomic E-state index is -0.185. The maximum Gasteiger partial charge on any atom is 0.134 e. The highest BCUT2D eigenvalue weighted by Gasteiger charge is 2.35. The van der Waals surface area contributed by atoms with Gasteiger partial charge in [0.1, 0.15) is 11.5 Å². The Bertz CT molecular complexity index is 666. The van der Waals surface area contributed by atoms with Crippen LogP contribution in [0.5, 0.6) is 11.5 Å². The first kappa shape index (κ1) is 17.4. The highest BCUT2D eigenvalue weighted by atomic mass is 35.5. The SMILES string of the molecule is Oc1ccc(C2(c3ccc(O)c(Cl)c3)CCCCCCC2)cc1Cl. The number of hydrogen-bond donors (Lipinski definition) is 2. The summed E-state index contributed by atoms with van der Waals surface area (Å²) in [5.74, 6) is 0.204. The Hall–Kier alpha value is -1.38. The Morgan fingerprint density at radius 2 is 1.08 bits per heavy atom. The van der Waals surface area contributed by atoms with E-state index in [9.17, 15) is 10.2 Å². The van der Waals surface area contributed by atoms with E-state index < -0.39 is 0 Å². The van der Waals surface area contributed by atoms with Gasteiger partial charge in [-0.2, -0.15) is 0 Å². The molecule has 0 unspecified atom stereocenters. The number of rotatable bonds is 2. The van der Waals surface area contributed by atoms with E-state index in [1.807, 2.05) is 24.3 Å². The lowest BCUT2D eigenvalue weighted by Crippen LogP contribution is -2.29. The van der Waals surface area contributed by atoms with Crippen LogP contribution in [0.15, 0.2) is 36.4 Å². The second-order valence-electron chi connectivity index (χ2n) is 6.68. The molecular formula is C20H22Cl2O2. The molecule has 1 aliphatic rings. The number of aromatic hydroxyl groups is 2. The maximum absolute atomic E-state index is 9.79. The lowest BCUT2D eigenvalue weighted by atomic mass is 9.67. The molecule has 1 saturated carbocycles. The highest BCUT2D eigenvalue weighted by molar-refractivity contribution is 6.32. The second-order valence-corrected chi connectivity index (χ2v) is 7.50. The van der Waals surface area contributed by atoms with E-state index in [1.54, 1.807) is 12.1 Å². The zero-order chi connectivity index (χ0) is 17.2. The van der Waals surface area contributed by atoms with Crippen LogP contribution in [0, 0.1) is 0 Å². The third-order valence-corrected chi connectivity index (χ3v) is 5.81. The van der Waals surface area contributed by atoms with Crippen molar-refractivity contribution in [1.82, 2.24) is 0 Å². The first-order valence-corrected chi connectivity index (χ1v) is 9.26. The van der Waals surface area contributed by atoms with Crippen molar-refractivity contribution in [3.63, 3.8) is 0 Å². The number of hydrogen-bond acceptors (Lipinski definition) is 2. The van der Waals surface area contributed by atoms with Crippen LogP contribution in [0.1, 0.15) is 56.1 Å². The van der Waals surface area contributed by atoms with E-state index >= 15 is 0 Å². The monoisotopic (exact) mass is 364 g/mol. The molecule has 0 heterocycles. The Morgan fingerprint density at radius 1 is 0.667 bits per heavy atom. The van der Waals surface area contributed by atoms with E-state index in [1.165, 1.54) is 19.3 Å². The van der Waals surface area contributed by atoms with Gasteiger partial charge in [0.15, 0.2) is 0 Å². The average Bonchev–Trinajstić information content (AvgIpc) is 2.53. The number of phenolic OH excluding ortho intramolecular Hbond substituents is 2. The molecule has 128 valence electrons. The topological polar surface area (TPSA) is 40.5 Å². The molecular weight excluding hydrogens is 343 g/mol. The Labute approximate surface area is 153 Å². The number of halogens is 2.